The number of halogens is 2. The first-order valence-corrected chi connectivity index (χ1v) is 6.11. The predicted molar refractivity (Wildman–Crippen MR) is 71.5 cm³/mol. The normalized spacial score (nSPS) is 10.7. The third-order valence-electron chi connectivity index (χ3n) is 2.80. The van der Waals surface area contributed by atoms with E-state index in [1.54, 1.807) is 13.0 Å². The lowest BCUT2D eigenvalue weighted by Gasteiger charge is -2.07. The Balaban J connectivity index is 2.66. The molecule has 1 aromatic heterocycles. The Morgan fingerprint density at radius 2 is 2.05 bits per heavy atom. The summed E-state index contributed by atoms with van der Waals surface area (Å²) in [5, 5.41) is 10.7. The minimum Gasteiger partial charge on any atom is -0.330 e. The number of hydrogen-bond acceptors (Lipinski definition) is 5. The van der Waals surface area contributed by atoms with Gasteiger partial charge < -0.3 is 5.73 Å². The summed E-state index contributed by atoms with van der Waals surface area (Å²) in [6.07, 6.45) is 0.411. The van der Waals surface area contributed by atoms with Crippen molar-refractivity contribution in [1.29, 1.82) is 0 Å². The van der Waals surface area contributed by atoms with E-state index in [1.807, 2.05) is 0 Å². The summed E-state index contributed by atoms with van der Waals surface area (Å²) < 4.78 is 28.0. The molecule has 21 heavy (non-hydrogen) atoms. The van der Waals surface area contributed by atoms with E-state index in [4.69, 9.17) is 5.73 Å². The van der Waals surface area contributed by atoms with Crippen molar-refractivity contribution >= 4 is 5.69 Å². The van der Waals surface area contributed by atoms with Gasteiger partial charge in [0.15, 0.2) is 5.82 Å². The Morgan fingerprint density at radius 3 is 2.67 bits per heavy atom. The molecule has 0 atom stereocenters. The largest absolute Gasteiger partial charge is 0.330 e. The van der Waals surface area contributed by atoms with E-state index in [9.17, 15) is 18.9 Å². The molecule has 1 heterocycles. The Hall–Kier alpha value is -2.48. The van der Waals surface area contributed by atoms with Gasteiger partial charge in [-0.1, -0.05) is 0 Å². The van der Waals surface area contributed by atoms with Crippen LogP contribution < -0.4 is 5.73 Å². The van der Waals surface area contributed by atoms with E-state index in [0.29, 0.717) is 24.4 Å². The van der Waals surface area contributed by atoms with Gasteiger partial charge in [0, 0.05) is 23.9 Å². The fourth-order valence-electron chi connectivity index (χ4n) is 1.91. The van der Waals surface area contributed by atoms with E-state index in [-0.39, 0.29) is 5.82 Å². The van der Waals surface area contributed by atoms with E-state index in [2.05, 4.69) is 9.97 Å². The Bertz CT molecular complexity index is 707. The van der Waals surface area contributed by atoms with E-state index in [1.165, 1.54) is 0 Å². The SMILES string of the molecule is Cc1cc(CCN)nc(-c2c(F)ccc([N+](=O)[O-])c2F)n1. The van der Waals surface area contributed by atoms with Gasteiger partial charge in [0.05, 0.1) is 10.5 Å². The molecule has 110 valence electrons. The van der Waals surface area contributed by atoms with E-state index in [0.717, 1.165) is 12.1 Å². The predicted octanol–water partition coefficient (Wildman–Crippen LogP) is 2.14. The lowest BCUT2D eigenvalue weighted by molar-refractivity contribution is -0.387. The maximum atomic E-state index is 14.1. The zero-order valence-corrected chi connectivity index (χ0v) is 11.1. The zero-order chi connectivity index (χ0) is 15.6. The molecule has 0 saturated carbocycles. The van der Waals surface area contributed by atoms with Crippen molar-refractivity contribution in [3.63, 3.8) is 0 Å². The van der Waals surface area contributed by atoms with Crippen molar-refractivity contribution in [3.8, 4) is 11.4 Å². The molecular weight excluding hydrogens is 282 g/mol. The van der Waals surface area contributed by atoms with Crippen LogP contribution in [0.1, 0.15) is 11.4 Å². The van der Waals surface area contributed by atoms with Crippen LogP contribution in [0, 0.1) is 28.7 Å². The van der Waals surface area contributed by atoms with Crippen LogP contribution in [0.25, 0.3) is 11.4 Å². The molecule has 0 saturated heterocycles. The summed E-state index contributed by atoms with van der Waals surface area (Å²) in [6, 6.07) is 3.24. The number of nitrogens with two attached hydrogens (primary N) is 1. The molecule has 2 rings (SSSR count). The monoisotopic (exact) mass is 294 g/mol. The Labute approximate surface area is 118 Å². The van der Waals surface area contributed by atoms with Crippen molar-refractivity contribution in [2.45, 2.75) is 13.3 Å². The van der Waals surface area contributed by atoms with E-state index < -0.39 is 27.8 Å². The number of benzene rings is 1. The third-order valence-corrected chi connectivity index (χ3v) is 2.80. The van der Waals surface area contributed by atoms with Crippen molar-refractivity contribution in [3.05, 3.63) is 51.3 Å². The van der Waals surface area contributed by atoms with Gasteiger partial charge in [-0.05, 0) is 25.6 Å². The summed E-state index contributed by atoms with van der Waals surface area (Å²) in [6.45, 7) is 1.95. The minimum absolute atomic E-state index is 0.225. The van der Waals surface area contributed by atoms with Crippen LogP contribution in [-0.4, -0.2) is 21.4 Å². The molecule has 6 nitrogen and oxygen atoms in total. The zero-order valence-electron chi connectivity index (χ0n) is 11.1. The average Bonchev–Trinajstić information content (AvgIpc) is 2.38. The van der Waals surface area contributed by atoms with Crippen molar-refractivity contribution < 1.29 is 13.7 Å². The highest BCUT2D eigenvalue weighted by Gasteiger charge is 2.24. The molecule has 0 unspecified atom stereocenters. The summed E-state index contributed by atoms with van der Waals surface area (Å²) in [5.41, 5.74) is 5.01. The molecule has 0 aliphatic heterocycles. The second-order valence-corrected chi connectivity index (χ2v) is 4.38. The van der Waals surface area contributed by atoms with Gasteiger partial charge in [0.2, 0.25) is 5.82 Å². The summed E-state index contributed by atoms with van der Waals surface area (Å²) in [5.74, 6) is -2.47. The summed E-state index contributed by atoms with van der Waals surface area (Å²) in [4.78, 5) is 17.8. The lowest BCUT2D eigenvalue weighted by atomic mass is 10.1. The molecule has 2 N–H and O–H groups in total. The molecule has 0 fully saturated rings. The summed E-state index contributed by atoms with van der Waals surface area (Å²) >= 11 is 0. The molecule has 0 aliphatic carbocycles. The van der Waals surface area contributed by atoms with Crippen LogP contribution >= 0.6 is 0 Å². The average molecular weight is 294 g/mol. The van der Waals surface area contributed by atoms with Crippen molar-refractivity contribution in [1.82, 2.24) is 9.97 Å². The van der Waals surface area contributed by atoms with Crippen molar-refractivity contribution in [2.24, 2.45) is 5.73 Å². The Kier molecular flexibility index (Phi) is 4.18. The number of rotatable bonds is 4. The van der Waals surface area contributed by atoms with Gasteiger partial charge >= 0.3 is 5.69 Å². The molecular formula is C13H12F2N4O2. The first-order chi connectivity index (χ1) is 9.93. The number of nitro groups is 1. The van der Waals surface area contributed by atoms with Gasteiger partial charge in [0.25, 0.3) is 0 Å². The second-order valence-electron chi connectivity index (χ2n) is 4.38. The fourth-order valence-corrected chi connectivity index (χ4v) is 1.91. The maximum Gasteiger partial charge on any atom is 0.305 e. The topological polar surface area (TPSA) is 94.9 Å². The lowest BCUT2D eigenvalue weighted by Crippen LogP contribution is -2.08. The number of aromatic nitrogens is 2. The third kappa shape index (κ3) is 3.00. The van der Waals surface area contributed by atoms with Crippen LogP contribution in [0.3, 0.4) is 0 Å². The number of aryl methyl sites for hydroxylation is 1. The quantitative estimate of drug-likeness (QED) is 0.688. The first-order valence-electron chi connectivity index (χ1n) is 6.11. The smallest absolute Gasteiger partial charge is 0.305 e. The maximum absolute atomic E-state index is 14.1. The van der Waals surface area contributed by atoms with Crippen LogP contribution in [-0.2, 0) is 6.42 Å². The molecule has 8 heteroatoms. The van der Waals surface area contributed by atoms with Crippen LogP contribution in [0.5, 0.6) is 0 Å². The Morgan fingerprint density at radius 1 is 1.33 bits per heavy atom. The standard InChI is InChI=1S/C13H12F2N4O2/c1-7-6-8(4-5-16)18-13(17-7)11-9(14)2-3-10(12(11)15)19(20)21/h2-3,6H,4-5,16H2,1H3. The highest BCUT2D eigenvalue weighted by atomic mass is 19.1. The van der Waals surface area contributed by atoms with Gasteiger partial charge in [0.1, 0.15) is 5.82 Å². The van der Waals surface area contributed by atoms with E-state index >= 15 is 0 Å². The minimum atomic E-state index is -1.29. The second kappa shape index (κ2) is 5.88. The van der Waals surface area contributed by atoms with Gasteiger partial charge in [-0.3, -0.25) is 10.1 Å². The highest BCUT2D eigenvalue weighted by Crippen LogP contribution is 2.29. The van der Waals surface area contributed by atoms with Gasteiger partial charge in [-0.15, -0.1) is 0 Å². The van der Waals surface area contributed by atoms with Gasteiger partial charge in [-0.25, -0.2) is 14.4 Å². The number of nitrogens with zero attached hydrogens (tertiary/aromatic N) is 3. The first kappa shape index (κ1) is 14.9. The van der Waals surface area contributed by atoms with Gasteiger partial charge in [-0.2, -0.15) is 4.39 Å². The molecule has 0 radical (unpaired) electrons. The van der Waals surface area contributed by atoms with Crippen LogP contribution in [0.15, 0.2) is 18.2 Å². The van der Waals surface area contributed by atoms with Crippen LogP contribution in [0.4, 0.5) is 14.5 Å². The fraction of sp³-hybridized carbons (Fsp3) is 0.231. The summed E-state index contributed by atoms with van der Waals surface area (Å²) in [7, 11) is 0. The van der Waals surface area contributed by atoms with Crippen LogP contribution in [0.2, 0.25) is 0 Å². The molecule has 2 aromatic rings. The molecule has 0 bridgehead atoms. The molecule has 0 aliphatic rings. The molecule has 0 spiro atoms. The number of nitro benzene ring substituents is 1. The van der Waals surface area contributed by atoms with Crippen molar-refractivity contribution in [2.75, 3.05) is 6.54 Å². The molecule has 0 amide bonds. The molecule has 1 aromatic carbocycles. The number of hydrogen-bond donors (Lipinski definition) is 1. The highest BCUT2D eigenvalue weighted by molar-refractivity contribution is 5.61.